The molecule has 4 aromatic rings. The van der Waals surface area contributed by atoms with Gasteiger partial charge in [-0.1, -0.05) is 30.8 Å². The van der Waals surface area contributed by atoms with Crippen LogP contribution in [0.4, 0.5) is 4.39 Å². The Bertz CT molecular complexity index is 1230. The van der Waals surface area contributed by atoms with Gasteiger partial charge in [0.1, 0.15) is 5.82 Å². The van der Waals surface area contributed by atoms with E-state index in [9.17, 15) is 9.18 Å². The summed E-state index contributed by atoms with van der Waals surface area (Å²) in [5.74, 6) is 0.963. The van der Waals surface area contributed by atoms with Gasteiger partial charge in [-0.05, 0) is 60.5 Å². The van der Waals surface area contributed by atoms with E-state index in [1.165, 1.54) is 23.9 Å². The Balaban J connectivity index is 1.62. The number of hydrogen-bond donors (Lipinski definition) is 0. The zero-order valence-electron chi connectivity index (χ0n) is 18.5. The van der Waals surface area contributed by atoms with Gasteiger partial charge in [-0.3, -0.25) is 14.3 Å². The van der Waals surface area contributed by atoms with Crippen LogP contribution in [0.3, 0.4) is 0 Å². The maximum absolute atomic E-state index is 13.5. The van der Waals surface area contributed by atoms with Crippen LogP contribution in [0, 0.1) is 5.82 Å². The zero-order chi connectivity index (χ0) is 23.2. The van der Waals surface area contributed by atoms with Gasteiger partial charge in [0.25, 0.3) is 5.91 Å². The second kappa shape index (κ2) is 10.4. The third-order valence-corrected chi connectivity index (χ3v) is 6.10. The molecule has 0 atom stereocenters. The third kappa shape index (κ3) is 5.28. The fraction of sp³-hybridized carbons (Fsp3) is 0.200. The third-order valence-electron chi connectivity index (χ3n) is 5.10. The molecule has 4 rings (SSSR count). The summed E-state index contributed by atoms with van der Waals surface area (Å²) >= 11 is 1.51. The molecule has 0 saturated carbocycles. The van der Waals surface area contributed by atoms with E-state index >= 15 is 0 Å². The van der Waals surface area contributed by atoms with Gasteiger partial charge in [-0.25, -0.2) is 4.39 Å². The van der Waals surface area contributed by atoms with Crippen molar-refractivity contribution in [3.05, 3.63) is 90.0 Å². The molecule has 0 unspecified atom stereocenters. The van der Waals surface area contributed by atoms with E-state index in [0.717, 1.165) is 29.8 Å². The molecule has 168 valence electrons. The highest BCUT2D eigenvalue weighted by atomic mass is 32.2. The average molecular weight is 462 g/mol. The maximum Gasteiger partial charge on any atom is 0.253 e. The predicted molar refractivity (Wildman–Crippen MR) is 128 cm³/mol. The minimum atomic E-state index is -0.305. The summed E-state index contributed by atoms with van der Waals surface area (Å²) in [6, 6.07) is 17.6. The molecule has 0 aliphatic carbocycles. The number of thioether (sulfide) groups is 1. The van der Waals surface area contributed by atoms with Gasteiger partial charge in [0.05, 0.1) is 0 Å². The van der Waals surface area contributed by atoms with Crippen molar-refractivity contribution >= 4 is 17.7 Å². The Labute approximate surface area is 196 Å². The Kier molecular flexibility index (Phi) is 7.14. The lowest BCUT2D eigenvalue weighted by Crippen LogP contribution is -2.27. The van der Waals surface area contributed by atoms with Crippen LogP contribution >= 0.6 is 11.8 Å². The van der Waals surface area contributed by atoms with Gasteiger partial charge in [0.2, 0.25) is 0 Å². The number of halogens is 1. The summed E-state index contributed by atoms with van der Waals surface area (Å²) in [7, 11) is 1.82. The maximum atomic E-state index is 13.5. The Morgan fingerprint density at radius 1 is 1.06 bits per heavy atom. The largest absolute Gasteiger partial charge is 0.342 e. The highest BCUT2D eigenvalue weighted by Gasteiger charge is 2.17. The van der Waals surface area contributed by atoms with E-state index in [4.69, 9.17) is 0 Å². The van der Waals surface area contributed by atoms with Crippen LogP contribution in [0.2, 0.25) is 0 Å². The SMILES string of the molecule is CCCN(C)C(=O)c1cccc(CSc2nnc(-c3ccncc3)n2-c2ccc(F)cc2)c1. The van der Waals surface area contributed by atoms with Gasteiger partial charge in [0, 0.05) is 48.6 Å². The van der Waals surface area contributed by atoms with Gasteiger partial charge in [-0.15, -0.1) is 10.2 Å². The summed E-state index contributed by atoms with van der Waals surface area (Å²) in [5.41, 5.74) is 3.30. The Morgan fingerprint density at radius 3 is 2.55 bits per heavy atom. The highest BCUT2D eigenvalue weighted by Crippen LogP contribution is 2.30. The van der Waals surface area contributed by atoms with E-state index in [2.05, 4.69) is 15.2 Å². The highest BCUT2D eigenvalue weighted by molar-refractivity contribution is 7.98. The van der Waals surface area contributed by atoms with Crippen LogP contribution in [-0.2, 0) is 5.75 Å². The number of aromatic nitrogens is 4. The monoisotopic (exact) mass is 461 g/mol. The van der Waals surface area contributed by atoms with Gasteiger partial charge in [-0.2, -0.15) is 0 Å². The van der Waals surface area contributed by atoms with Crippen LogP contribution in [0.15, 0.2) is 78.2 Å². The molecule has 0 aliphatic rings. The lowest BCUT2D eigenvalue weighted by Gasteiger charge is -2.16. The van der Waals surface area contributed by atoms with Crippen LogP contribution in [0.1, 0.15) is 29.3 Å². The number of hydrogen-bond acceptors (Lipinski definition) is 5. The second-order valence-electron chi connectivity index (χ2n) is 7.57. The summed E-state index contributed by atoms with van der Waals surface area (Å²) in [5, 5.41) is 9.47. The molecule has 6 nitrogen and oxygen atoms in total. The number of nitrogens with zero attached hydrogens (tertiary/aromatic N) is 5. The van der Waals surface area contributed by atoms with Crippen LogP contribution in [0.25, 0.3) is 17.1 Å². The molecule has 8 heteroatoms. The molecule has 0 N–H and O–H groups in total. The van der Waals surface area contributed by atoms with Crippen molar-refractivity contribution in [2.75, 3.05) is 13.6 Å². The molecule has 2 heterocycles. The first kappa shape index (κ1) is 22.7. The normalized spacial score (nSPS) is 10.9. The van der Waals surface area contributed by atoms with Gasteiger partial charge < -0.3 is 4.90 Å². The van der Waals surface area contributed by atoms with Crippen LogP contribution in [-0.4, -0.2) is 44.1 Å². The van der Waals surface area contributed by atoms with Gasteiger partial charge >= 0.3 is 0 Å². The second-order valence-corrected chi connectivity index (χ2v) is 8.51. The van der Waals surface area contributed by atoms with E-state index < -0.39 is 0 Å². The van der Waals surface area contributed by atoms with Crippen LogP contribution < -0.4 is 0 Å². The first-order chi connectivity index (χ1) is 16.1. The minimum Gasteiger partial charge on any atom is -0.342 e. The molecule has 2 aromatic heterocycles. The van der Waals surface area contributed by atoms with Crippen LogP contribution in [0.5, 0.6) is 0 Å². The lowest BCUT2D eigenvalue weighted by atomic mass is 10.1. The number of carbonyl (C=O) groups excluding carboxylic acids is 1. The standard InChI is InChI=1S/C25H24FN5OS/c1-3-15-30(2)24(32)20-6-4-5-18(16-20)17-33-25-29-28-23(19-11-13-27-14-12-19)31(25)22-9-7-21(26)8-10-22/h4-14,16H,3,15,17H2,1-2H3. The molecule has 33 heavy (non-hydrogen) atoms. The number of pyridine rings is 1. The number of benzene rings is 2. The molecule has 0 saturated heterocycles. The number of carbonyl (C=O) groups is 1. The molecule has 0 radical (unpaired) electrons. The first-order valence-electron chi connectivity index (χ1n) is 10.7. The van der Waals surface area contributed by atoms with Crippen molar-refractivity contribution in [2.24, 2.45) is 0 Å². The van der Waals surface area contributed by atoms with E-state index in [-0.39, 0.29) is 11.7 Å². The van der Waals surface area contributed by atoms with E-state index in [1.807, 2.05) is 54.9 Å². The summed E-state index contributed by atoms with van der Waals surface area (Å²) in [4.78, 5) is 18.5. The van der Waals surface area contributed by atoms with Crippen molar-refractivity contribution < 1.29 is 9.18 Å². The number of rotatable bonds is 8. The minimum absolute atomic E-state index is 0.0122. The van der Waals surface area contributed by atoms with Crippen molar-refractivity contribution in [1.82, 2.24) is 24.6 Å². The van der Waals surface area contributed by atoms with Crippen molar-refractivity contribution in [2.45, 2.75) is 24.3 Å². The van der Waals surface area contributed by atoms with Crippen molar-refractivity contribution in [3.8, 4) is 17.1 Å². The van der Waals surface area contributed by atoms with Gasteiger partial charge in [0.15, 0.2) is 11.0 Å². The fourth-order valence-electron chi connectivity index (χ4n) is 3.47. The predicted octanol–water partition coefficient (Wildman–Crippen LogP) is 5.24. The van der Waals surface area contributed by atoms with E-state index in [0.29, 0.717) is 22.3 Å². The van der Waals surface area contributed by atoms with E-state index in [1.54, 1.807) is 29.4 Å². The Hall–Kier alpha value is -3.52. The average Bonchev–Trinajstić information content (AvgIpc) is 3.27. The quantitative estimate of drug-likeness (QED) is 0.336. The molecular weight excluding hydrogens is 437 g/mol. The molecule has 0 aliphatic heterocycles. The molecule has 0 spiro atoms. The lowest BCUT2D eigenvalue weighted by molar-refractivity contribution is 0.0795. The first-order valence-corrected chi connectivity index (χ1v) is 11.6. The zero-order valence-corrected chi connectivity index (χ0v) is 19.3. The topological polar surface area (TPSA) is 63.9 Å². The van der Waals surface area contributed by atoms with Crippen molar-refractivity contribution in [1.29, 1.82) is 0 Å². The molecular formula is C25H24FN5OS. The smallest absolute Gasteiger partial charge is 0.253 e. The molecule has 2 aromatic carbocycles. The summed E-state index contributed by atoms with van der Waals surface area (Å²) in [6.07, 6.45) is 4.31. The molecule has 0 fully saturated rings. The molecule has 1 amide bonds. The number of amides is 1. The Morgan fingerprint density at radius 2 is 1.82 bits per heavy atom. The summed E-state index contributed by atoms with van der Waals surface area (Å²) < 4.78 is 15.5. The van der Waals surface area contributed by atoms with Crippen molar-refractivity contribution in [3.63, 3.8) is 0 Å². The fourth-order valence-corrected chi connectivity index (χ4v) is 4.37. The summed E-state index contributed by atoms with van der Waals surface area (Å²) in [6.45, 7) is 2.77. The molecule has 0 bridgehead atoms.